The Labute approximate surface area is 179 Å². The molecule has 2 aromatic rings. The van der Waals surface area contributed by atoms with Crippen molar-refractivity contribution in [1.82, 2.24) is 10.3 Å². The summed E-state index contributed by atoms with van der Waals surface area (Å²) in [6, 6.07) is 11.3. The maximum atomic E-state index is 11.8. The number of esters is 1. The molecule has 30 heavy (non-hydrogen) atoms. The van der Waals surface area contributed by atoms with Crippen molar-refractivity contribution in [3.05, 3.63) is 59.4 Å². The summed E-state index contributed by atoms with van der Waals surface area (Å²) in [7, 11) is 1.36. The molecule has 1 unspecified atom stereocenters. The highest BCUT2D eigenvalue weighted by atomic mass is 32.2. The van der Waals surface area contributed by atoms with E-state index in [4.69, 9.17) is 9.47 Å². The minimum atomic E-state index is -0.397. The summed E-state index contributed by atoms with van der Waals surface area (Å²) in [6.45, 7) is 2.34. The number of thioether (sulfide) groups is 1. The zero-order chi connectivity index (χ0) is 21.5. The van der Waals surface area contributed by atoms with E-state index in [9.17, 15) is 14.4 Å². The number of aromatic nitrogens is 1. The molecule has 7 nitrogen and oxygen atoms in total. The van der Waals surface area contributed by atoms with Gasteiger partial charge in [0.2, 0.25) is 5.91 Å². The summed E-state index contributed by atoms with van der Waals surface area (Å²) >= 11 is 1.01. The van der Waals surface area contributed by atoms with Gasteiger partial charge < -0.3 is 9.47 Å². The third kappa shape index (κ3) is 5.82. The fourth-order valence-electron chi connectivity index (χ4n) is 3.08. The Hall–Kier alpha value is -2.87. The first kappa shape index (κ1) is 21.8. The van der Waals surface area contributed by atoms with Crippen LogP contribution >= 0.6 is 11.8 Å². The van der Waals surface area contributed by atoms with Crippen molar-refractivity contribution in [2.75, 3.05) is 13.7 Å². The molecule has 158 valence electrons. The van der Waals surface area contributed by atoms with E-state index in [1.807, 2.05) is 42.6 Å². The molecule has 1 aromatic heterocycles. The molecule has 8 heteroatoms. The number of carbonyl (C=O) groups excluding carboxylic acids is 3. The standard InChI is InChI=1S/C22H24N2O5S/c1-3-14-6-9-18(23-12-14)16(11-20(25)28-2)13-29-17-7-4-15(5-8-17)10-19-21(26)24-22(27)30-19/h4-9,12,16,19H,3,10-11,13H2,1-2H3,(H,24,26,27)/t16?,19-/m1/s1. The molecular weight excluding hydrogens is 404 g/mol. The first-order chi connectivity index (χ1) is 14.5. The number of carbonyl (C=O) groups is 3. The van der Waals surface area contributed by atoms with Gasteiger partial charge >= 0.3 is 5.97 Å². The topological polar surface area (TPSA) is 94.6 Å². The van der Waals surface area contributed by atoms with Crippen LogP contribution in [0.3, 0.4) is 0 Å². The number of methoxy groups -OCH3 is 1. The van der Waals surface area contributed by atoms with Crippen LogP contribution in [0.25, 0.3) is 0 Å². The zero-order valence-electron chi connectivity index (χ0n) is 16.9. The number of benzene rings is 1. The van der Waals surface area contributed by atoms with Crippen LogP contribution in [0, 0.1) is 0 Å². The Morgan fingerprint density at radius 3 is 2.47 bits per heavy atom. The van der Waals surface area contributed by atoms with Gasteiger partial charge in [-0.1, -0.05) is 36.9 Å². The molecule has 2 amide bonds. The maximum Gasteiger partial charge on any atom is 0.306 e. The Morgan fingerprint density at radius 2 is 1.90 bits per heavy atom. The lowest BCUT2D eigenvalue weighted by Crippen LogP contribution is -2.25. The molecule has 1 aliphatic rings. The van der Waals surface area contributed by atoms with Gasteiger partial charge in [-0.2, -0.15) is 0 Å². The molecule has 1 N–H and O–H groups in total. The molecule has 2 atom stereocenters. The number of hydrogen-bond acceptors (Lipinski definition) is 7. The molecule has 0 aliphatic carbocycles. The van der Waals surface area contributed by atoms with Crippen molar-refractivity contribution >= 4 is 28.9 Å². The Morgan fingerprint density at radius 1 is 1.17 bits per heavy atom. The van der Waals surface area contributed by atoms with E-state index in [1.165, 1.54) is 7.11 Å². The SMILES string of the molecule is CCc1ccc(C(COc2ccc(C[C@H]3SC(=O)NC3=O)cc2)CC(=O)OC)nc1. The number of amides is 2. The predicted molar refractivity (Wildman–Crippen MR) is 114 cm³/mol. The van der Waals surface area contributed by atoms with Crippen LogP contribution in [0.5, 0.6) is 5.75 Å². The van der Waals surface area contributed by atoms with Crippen LogP contribution in [0.4, 0.5) is 4.79 Å². The molecule has 0 radical (unpaired) electrons. The average Bonchev–Trinajstić information content (AvgIpc) is 3.08. The number of pyridine rings is 1. The minimum absolute atomic E-state index is 0.176. The molecule has 2 heterocycles. The Kier molecular flexibility index (Phi) is 7.46. The summed E-state index contributed by atoms with van der Waals surface area (Å²) in [6.07, 6.45) is 3.36. The van der Waals surface area contributed by atoms with Gasteiger partial charge in [-0.05, 0) is 42.2 Å². The number of aryl methyl sites for hydroxylation is 1. The summed E-state index contributed by atoms with van der Waals surface area (Å²) in [4.78, 5) is 39.3. The monoisotopic (exact) mass is 428 g/mol. The highest BCUT2D eigenvalue weighted by Crippen LogP contribution is 2.25. The number of hydrogen-bond donors (Lipinski definition) is 1. The van der Waals surface area contributed by atoms with Gasteiger partial charge in [-0.15, -0.1) is 0 Å². The summed E-state index contributed by atoms with van der Waals surface area (Å²) in [5.74, 6) is -0.147. The van der Waals surface area contributed by atoms with E-state index in [2.05, 4.69) is 17.2 Å². The van der Waals surface area contributed by atoms with Crippen molar-refractivity contribution < 1.29 is 23.9 Å². The number of nitrogens with one attached hydrogen (secondary N) is 1. The lowest BCUT2D eigenvalue weighted by atomic mass is 10.0. The zero-order valence-corrected chi connectivity index (χ0v) is 17.7. The van der Waals surface area contributed by atoms with Crippen LogP contribution in [0.15, 0.2) is 42.6 Å². The third-order valence-corrected chi connectivity index (χ3v) is 5.86. The third-order valence-electron chi connectivity index (χ3n) is 4.88. The number of nitrogens with zero attached hydrogens (tertiary/aromatic N) is 1. The highest BCUT2D eigenvalue weighted by molar-refractivity contribution is 8.15. The van der Waals surface area contributed by atoms with Gasteiger partial charge in [0.1, 0.15) is 5.75 Å². The fraction of sp³-hybridized carbons (Fsp3) is 0.364. The van der Waals surface area contributed by atoms with E-state index >= 15 is 0 Å². The first-order valence-electron chi connectivity index (χ1n) is 9.73. The van der Waals surface area contributed by atoms with Crippen LogP contribution in [0.2, 0.25) is 0 Å². The van der Waals surface area contributed by atoms with Crippen LogP contribution in [-0.2, 0) is 27.2 Å². The fourth-order valence-corrected chi connectivity index (χ4v) is 3.94. The van der Waals surface area contributed by atoms with Gasteiger partial charge in [0.15, 0.2) is 0 Å². The number of rotatable bonds is 9. The van der Waals surface area contributed by atoms with Crippen molar-refractivity contribution in [3.63, 3.8) is 0 Å². The molecular formula is C22H24N2O5S. The van der Waals surface area contributed by atoms with Crippen molar-refractivity contribution in [2.24, 2.45) is 0 Å². The molecule has 1 aromatic carbocycles. The Bertz CT molecular complexity index is 899. The van der Waals surface area contributed by atoms with Gasteiger partial charge in [0.25, 0.3) is 5.24 Å². The largest absolute Gasteiger partial charge is 0.493 e. The molecule has 1 saturated heterocycles. The predicted octanol–water partition coefficient (Wildman–Crippen LogP) is 3.26. The van der Waals surface area contributed by atoms with Crippen LogP contribution < -0.4 is 10.1 Å². The second kappa shape index (κ2) is 10.2. The molecule has 0 spiro atoms. The van der Waals surface area contributed by atoms with Crippen molar-refractivity contribution in [1.29, 1.82) is 0 Å². The quantitative estimate of drug-likeness (QED) is 0.613. The van der Waals surface area contributed by atoms with E-state index in [0.29, 0.717) is 12.2 Å². The van der Waals surface area contributed by atoms with Crippen molar-refractivity contribution in [2.45, 2.75) is 37.4 Å². The number of ether oxygens (including phenoxy) is 2. The minimum Gasteiger partial charge on any atom is -0.493 e. The second-order valence-electron chi connectivity index (χ2n) is 6.96. The maximum absolute atomic E-state index is 11.8. The molecule has 0 saturated carbocycles. The highest BCUT2D eigenvalue weighted by Gasteiger charge is 2.31. The van der Waals surface area contributed by atoms with E-state index in [1.54, 1.807) is 0 Å². The lowest BCUT2D eigenvalue weighted by molar-refractivity contribution is -0.141. The normalized spacial score (nSPS) is 16.8. The van der Waals surface area contributed by atoms with Gasteiger partial charge in [-0.3, -0.25) is 24.7 Å². The summed E-state index contributed by atoms with van der Waals surface area (Å²) < 4.78 is 10.7. The van der Waals surface area contributed by atoms with Crippen LogP contribution in [-0.4, -0.2) is 41.1 Å². The van der Waals surface area contributed by atoms with Gasteiger partial charge in [0, 0.05) is 17.8 Å². The number of imide groups is 1. The first-order valence-corrected chi connectivity index (χ1v) is 10.6. The lowest BCUT2D eigenvalue weighted by Gasteiger charge is -2.17. The summed E-state index contributed by atoms with van der Waals surface area (Å²) in [5.41, 5.74) is 2.85. The van der Waals surface area contributed by atoms with Crippen LogP contribution in [0.1, 0.15) is 36.1 Å². The average molecular weight is 429 g/mol. The smallest absolute Gasteiger partial charge is 0.306 e. The summed E-state index contributed by atoms with van der Waals surface area (Å²) in [5, 5.41) is 1.59. The molecule has 1 fully saturated rings. The molecule has 0 bridgehead atoms. The molecule has 1 aliphatic heterocycles. The molecule has 3 rings (SSSR count). The second-order valence-corrected chi connectivity index (χ2v) is 8.14. The van der Waals surface area contributed by atoms with Gasteiger partial charge in [0.05, 0.1) is 25.4 Å². The Balaban J connectivity index is 1.62. The van der Waals surface area contributed by atoms with E-state index in [-0.39, 0.29) is 36.1 Å². The van der Waals surface area contributed by atoms with E-state index < -0.39 is 5.25 Å². The van der Waals surface area contributed by atoms with Crippen molar-refractivity contribution in [3.8, 4) is 5.75 Å². The van der Waals surface area contributed by atoms with Gasteiger partial charge in [-0.25, -0.2) is 0 Å². The van der Waals surface area contributed by atoms with E-state index in [0.717, 1.165) is 35.0 Å².